The van der Waals surface area contributed by atoms with Crippen molar-refractivity contribution in [1.82, 2.24) is 9.80 Å². The van der Waals surface area contributed by atoms with Crippen molar-refractivity contribution in [3.63, 3.8) is 0 Å². The number of piperidine rings is 1. The smallest absolute Gasteiger partial charge is 0.411 e. The van der Waals surface area contributed by atoms with Crippen molar-refractivity contribution in [1.29, 1.82) is 0 Å². The lowest BCUT2D eigenvalue weighted by Gasteiger charge is -2.48. The Hall–Kier alpha value is -2.81. The Morgan fingerprint density at radius 2 is 1.87 bits per heavy atom. The fourth-order valence-electron chi connectivity index (χ4n) is 3.64. The third kappa shape index (κ3) is 5.21. The molecule has 2 aliphatic heterocycles. The minimum absolute atomic E-state index is 0.112. The van der Waals surface area contributed by atoms with E-state index in [0.717, 1.165) is 5.56 Å². The van der Waals surface area contributed by atoms with Gasteiger partial charge in [0.2, 0.25) is 0 Å². The van der Waals surface area contributed by atoms with Gasteiger partial charge in [-0.1, -0.05) is 30.3 Å². The lowest BCUT2D eigenvalue weighted by Crippen LogP contribution is -2.67. The Kier molecular flexibility index (Phi) is 6.50. The molecule has 3 atom stereocenters. The van der Waals surface area contributed by atoms with Crippen LogP contribution in [0.4, 0.5) is 9.59 Å². The number of fused-ring (bicyclic) bond motifs is 1. The first-order chi connectivity index (χ1) is 14.2. The summed E-state index contributed by atoms with van der Waals surface area (Å²) in [6.45, 7) is 5.67. The van der Waals surface area contributed by atoms with Crippen LogP contribution in [0.15, 0.2) is 30.3 Å². The van der Waals surface area contributed by atoms with E-state index >= 15 is 0 Å². The molecule has 2 fully saturated rings. The number of hydrogen-bond donors (Lipinski definition) is 1. The molecule has 9 nitrogen and oxygen atoms in total. The molecule has 1 aromatic rings. The van der Waals surface area contributed by atoms with E-state index in [4.69, 9.17) is 14.2 Å². The van der Waals surface area contributed by atoms with Crippen LogP contribution < -0.4 is 0 Å². The molecule has 0 aliphatic carbocycles. The summed E-state index contributed by atoms with van der Waals surface area (Å²) in [5.74, 6) is -1.18. The first-order valence-electron chi connectivity index (χ1n) is 9.97. The summed E-state index contributed by atoms with van der Waals surface area (Å²) in [6, 6.07) is 7.50. The van der Waals surface area contributed by atoms with E-state index in [1.807, 2.05) is 30.3 Å². The second-order valence-corrected chi connectivity index (χ2v) is 8.46. The molecule has 2 saturated heterocycles. The SMILES string of the molecule is CC(C)(C)OC(=O)N1C(C(=O)O)COC2CCN(C(=O)OCc3ccccc3)CC21. The van der Waals surface area contributed by atoms with Gasteiger partial charge in [-0.3, -0.25) is 4.90 Å². The van der Waals surface area contributed by atoms with Crippen molar-refractivity contribution in [2.45, 2.75) is 57.6 Å². The molecule has 0 spiro atoms. The highest BCUT2D eigenvalue weighted by atomic mass is 16.6. The second-order valence-electron chi connectivity index (χ2n) is 8.46. The number of carbonyl (C=O) groups is 3. The third-order valence-electron chi connectivity index (χ3n) is 5.03. The molecular weight excluding hydrogens is 392 g/mol. The lowest BCUT2D eigenvalue weighted by molar-refractivity contribution is -0.164. The zero-order chi connectivity index (χ0) is 21.9. The number of amides is 2. The fourth-order valence-corrected chi connectivity index (χ4v) is 3.64. The summed E-state index contributed by atoms with van der Waals surface area (Å²) in [4.78, 5) is 39.8. The number of aliphatic carboxylic acids is 1. The summed E-state index contributed by atoms with van der Waals surface area (Å²) in [5.41, 5.74) is 0.0831. The third-order valence-corrected chi connectivity index (χ3v) is 5.03. The molecular formula is C21H28N2O7. The molecule has 3 unspecified atom stereocenters. The molecule has 2 amide bonds. The van der Waals surface area contributed by atoms with Crippen molar-refractivity contribution in [2.24, 2.45) is 0 Å². The molecule has 1 N–H and O–H groups in total. The Morgan fingerprint density at radius 1 is 1.17 bits per heavy atom. The van der Waals surface area contributed by atoms with Crippen LogP contribution in [0.1, 0.15) is 32.8 Å². The zero-order valence-corrected chi connectivity index (χ0v) is 17.4. The van der Waals surface area contributed by atoms with Crippen LogP contribution >= 0.6 is 0 Å². The average Bonchev–Trinajstić information content (AvgIpc) is 2.70. The van der Waals surface area contributed by atoms with Gasteiger partial charge in [0.15, 0.2) is 6.04 Å². The van der Waals surface area contributed by atoms with Crippen LogP contribution in [-0.2, 0) is 25.6 Å². The molecule has 1 aromatic carbocycles. The predicted octanol–water partition coefficient (Wildman–Crippen LogP) is 2.49. The van der Waals surface area contributed by atoms with E-state index < -0.39 is 35.8 Å². The lowest BCUT2D eigenvalue weighted by atomic mass is 9.97. The van der Waals surface area contributed by atoms with E-state index in [2.05, 4.69) is 0 Å². The molecule has 0 bridgehead atoms. The van der Waals surface area contributed by atoms with Gasteiger partial charge in [0.25, 0.3) is 0 Å². The minimum atomic E-state index is -1.18. The standard InChI is InChI=1S/C21H28N2O7/c1-21(2,3)30-20(27)23-15-11-22(10-9-17(15)28-13-16(23)18(24)25)19(26)29-12-14-7-5-4-6-8-14/h4-8,15-17H,9-13H2,1-3H3,(H,24,25). The van der Waals surface area contributed by atoms with Gasteiger partial charge in [0, 0.05) is 13.1 Å². The average molecular weight is 420 g/mol. The highest BCUT2D eigenvalue weighted by Gasteiger charge is 2.48. The molecule has 2 aliphatic rings. The molecule has 0 aromatic heterocycles. The van der Waals surface area contributed by atoms with Crippen molar-refractivity contribution < 1.29 is 33.7 Å². The Bertz CT molecular complexity index is 777. The van der Waals surface area contributed by atoms with E-state index in [-0.39, 0.29) is 25.9 Å². The van der Waals surface area contributed by atoms with Gasteiger partial charge >= 0.3 is 18.2 Å². The van der Waals surface area contributed by atoms with Gasteiger partial charge in [0.05, 0.1) is 18.8 Å². The van der Waals surface area contributed by atoms with Gasteiger partial charge in [0.1, 0.15) is 12.2 Å². The monoisotopic (exact) mass is 420 g/mol. The maximum atomic E-state index is 12.8. The van der Waals surface area contributed by atoms with Crippen molar-refractivity contribution in [2.75, 3.05) is 19.7 Å². The van der Waals surface area contributed by atoms with Crippen molar-refractivity contribution in [3.8, 4) is 0 Å². The Balaban J connectivity index is 1.71. The van der Waals surface area contributed by atoms with Crippen LogP contribution in [0.25, 0.3) is 0 Å². The number of ether oxygens (including phenoxy) is 3. The van der Waals surface area contributed by atoms with E-state index in [1.165, 1.54) is 9.80 Å². The normalized spacial score (nSPS) is 24.0. The van der Waals surface area contributed by atoms with Crippen molar-refractivity contribution in [3.05, 3.63) is 35.9 Å². The predicted molar refractivity (Wildman–Crippen MR) is 106 cm³/mol. The van der Waals surface area contributed by atoms with E-state index in [1.54, 1.807) is 20.8 Å². The number of carboxylic acid groups (broad SMARTS) is 1. The van der Waals surface area contributed by atoms with E-state index in [0.29, 0.717) is 13.0 Å². The largest absolute Gasteiger partial charge is 0.480 e. The summed E-state index contributed by atoms with van der Waals surface area (Å²) >= 11 is 0. The molecule has 2 heterocycles. The number of carbonyl (C=O) groups excluding carboxylic acids is 2. The van der Waals surface area contributed by atoms with Crippen LogP contribution in [-0.4, -0.2) is 76.5 Å². The number of morpholine rings is 1. The number of rotatable bonds is 3. The first kappa shape index (κ1) is 21.9. The Morgan fingerprint density at radius 3 is 2.50 bits per heavy atom. The molecule has 0 saturated carbocycles. The molecule has 9 heteroatoms. The first-order valence-corrected chi connectivity index (χ1v) is 9.97. The summed E-state index contributed by atoms with van der Waals surface area (Å²) < 4.78 is 16.5. The van der Waals surface area contributed by atoms with Crippen LogP contribution in [0, 0.1) is 0 Å². The second kappa shape index (κ2) is 8.91. The number of benzene rings is 1. The maximum absolute atomic E-state index is 12.8. The highest BCUT2D eigenvalue weighted by molar-refractivity contribution is 5.81. The summed E-state index contributed by atoms with van der Waals surface area (Å²) in [7, 11) is 0. The van der Waals surface area contributed by atoms with E-state index in [9.17, 15) is 19.5 Å². The topological polar surface area (TPSA) is 106 Å². The summed E-state index contributed by atoms with van der Waals surface area (Å²) in [6.07, 6.45) is -1.14. The highest BCUT2D eigenvalue weighted by Crippen LogP contribution is 2.28. The van der Waals surface area contributed by atoms with Crippen LogP contribution in [0.2, 0.25) is 0 Å². The molecule has 3 rings (SSSR count). The molecule has 30 heavy (non-hydrogen) atoms. The maximum Gasteiger partial charge on any atom is 0.411 e. The molecule has 0 radical (unpaired) electrons. The summed E-state index contributed by atoms with van der Waals surface area (Å²) in [5, 5.41) is 9.60. The number of nitrogens with zero attached hydrogens (tertiary/aromatic N) is 2. The van der Waals surface area contributed by atoms with Gasteiger partial charge < -0.3 is 24.2 Å². The minimum Gasteiger partial charge on any atom is -0.480 e. The quantitative estimate of drug-likeness (QED) is 0.801. The molecule has 164 valence electrons. The van der Waals surface area contributed by atoms with Gasteiger partial charge in [-0.15, -0.1) is 0 Å². The van der Waals surface area contributed by atoms with Gasteiger partial charge in [-0.05, 0) is 32.8 Å². The van der Waals surface area contributed by atoms with Crippen LogP contribution in [0.5, 0.6) is 0 Å². The van der Waals surface area contributed by atoms with Gasteiger partial charge in [-0.25, -0.2) is 14.4 Å². The Labute approximate surface area is 175 Å². The number of hydrogen-bond acceptors (Lipinski definition) is 6. The number of carboxylic acids is 1. The zero-order valence-electron chi connectivity index (χ0n) is 17.4. The van der Waals surface area contributed by atoms with Gasteiger partial charge in [-0.2, -0.15) is 0 Å². The fraction of sp³-hybridized carbons (Fsp3) is 0.571. The van der Waals surface area contributed by atoms with Crippen LogP contribution in [0.3, 0.4) is 0 Å². The van der Waals surface area contributed by atoms with Crippen molar-refractivity contribution >= 4 is 18.2 Å². The number of likely N-dealkylation sites (tertiary alicyclic amines) is 1.